The number of rotatable bonds is 4. The Hall–Kier alpha value is -2.63. The highest BCUT2D eigenvalue weighted by molar-refractivity contribution is 6.33. The molecule has 1 amide bonds. The van der Waals surface area contributed by atoms with E-state index in [-0.39, 0.29) is 12.0 Å². The lowest BCUT2D eigenvalue weighted by Crippen LogP contribution is -2.42. The molecule has 0 N–H and O–H groups in total. The smallest absolute Gasteiger partial charge is 0.259 e. The Bertz CT molecular complexity index is 957. The summed E-state index contributed by atoms with van der Waals surface area (Å²) in [5, 5.41) is 4.89. The number of morpholine rings is 1. The zero-order chi connectivity index (χ0) is 19.5. The minimum Gasteiger partial charge on any atom is -0.370 e. The summed E-state index contributed by atoms with van der Waals surface area (Å²) in [5.41, 5.74) is 3.28. The summed E-state index contributed by atoms with van der Waals surface area (Å²) in [4.78, 5) is 15.0. The van der Waals surface area contributed by atoms with Crippen LogP contribution in [0.3, 0.4) is 0 Å². The van der Waals surface area contributed by atoms with Crippen molar-refractivity contribution in [1.82, 2.24) is 14.7 Å². The van der Waals surface area contributed by atoms with Crippen LogP contribution in [0.4, 0.5) is 0 Å². The van der Waals surface area contributed by atoms with E-state index in [1.165, 1.54) is 0 Å². The molecule has 0 radical (unpaired) electrons. The Morgan fingerprint density at radius 2 is 1.82 bits per heavy atom. The van der Waals surface area contributed by atoms with Crippen molar-refractivity contribution in [1.29, 1.82) is 0 Å². The largest absolute Gasteiger partial charge is 0.370 e. The van der Waals surface area contributed by atoms with E-state index < -0.39 is 0 Å². The average Bonchev–Trinajstić information content (AvgIpc) is 3.02. The average molecular weight is 396 g/mol. The molecule has 1 fully saturated rings. The minimum atomic E-state index is -0.127. The Balaban J connectivity index is 1.54. The van der Waals surface area contributed by atoms with Gasteiger partial charge < -0.3 is 9.64 Å². The van der Waals surface area contributed by atoms with Crippen LogP contribution in [0.25, 0.3) is 0 Å². The molecule has 1 aromatic heterocycles. The normalized spacial score (nSPS) is 16.9. The van der Waals surface area contributed by atoms with E-state index in [2.05, 4.69) is 5.10 Å². The molecule has 1 aliphatic heterocycles. The van der Waals surface area contributed by atoms with Gasteiger partial charge in [0.15, 0.2) is 0 Å². The Morgan fingerprint density at radius 3 is 2.54 bits per heavy atom. The van der Waals surface area contributed by atoms with Gasteiger partial charge >= 0.3 is 0 Å². The fourth-order valence-electron chi connectivity index (χ4n) is 3.52. The Morgan fingerprint density at radius 1 is 1.14 bits per heavy atom. The van der Waals surface area contributed by atoms with E-state index in [0.29, 0.717) is 42.7 Å². The number of nitrogens with zero attached hydrogens (tertiary/aromatic N) is 3. The molecule has 0 spiro atoms. The third-order valence-corrected chi connectivity index (χ3v) is 5.36. The molecule has 2 heterocycles. The maximum atomic E-state index is 13.2. The van der Waals surface area contributed by atoms with Gasteiger partial charge in [0, 0.05) is 6.54 Å². The van der Waals surface area contributed by atoms with Gasteiger partial charge in [-0.25, -0.2) is 4.68 Å². The van der Waals surface area contributed by atoms with E-state index in [4.69, 9.17) is 16.3 Å². The summed E-state index contributed by atoms with van der Waals surface area (Å²) in [7, 11) is 0. The van der Waals surface area contributed by atoms with Crippen LogP contribution in [0.5, 0.6) is 0 Å². The second-order valence-electron chi connectivity index (χ2n) is 6.92. The predicted molar refractivity (Wildman–Crippen MR) is 109 cm³/mol. The van der Waals surface area contributed by atoms with Gasteiger partial charge in [-0.2, -0.15) is 5.10 Å². The Kier molecular flexibility index (Phi) is 5.46. The van der Waals surface area contributed by atoms with Crippen LogP contribution in [0, 0.1) is 6.92 Å². The summed E-state index contributed by atoms with van der Waals surface area (Å²) in [6, 6.07) is 19.9. The molecule has 3 aromatic rings. The van der Waals surface area contributed by atoms with E-state index in [9.17, 15) is 4.79 Å². The second-order valence-corrected chi connectivity index (χ2v) is 7.27. The molecule has 1 aliphatic rings. The lowest BCUT2D eigenvalue weighted by atomic mass is 10.1. The number of hydrogen-bond donors (Lipinski definition) is 0. The lowest BCUT2D eigenvalue weighted by Gasteiger charge is -2.33. The van der Waals surface area contributed by atoms with Crippen molar-refractivity contribution in [2.24, 2.45) is 0 Å². The summed E-state index contributed by atoms with van der Waals surface area (Å²) >= 11 is 6.57. The molecule has 0 aliphatic carbocycles. The molecule has 144 valence electrons. The number of benzene rings is 2. The van der Waals surface area contributed by atoms with Crippen LogP contribution in [-0.2, 0) is 11.3 Å². The third kappa shape index (κ3) is 3.81. The molecular formula is C22H22ClN3O2. The number of hydrogen-bond acceptors (Lipinski definition) is 3. The van der Waals surface area contributed by atoms with Crippen molar-refractivity contribution in [2.45, 2.75) is 19.6 Å². The maximum Gasteiger partial charge on any atom is 0.259 e. The molecule has 1 saturated heterocycles. The number of aryl methyl sites for hydroxylation is 1. The highest BCUT2D eigenvalue weighted by atomic mass is 35.5. The van der Waals surface area contributed by atoms with Gasteiger partial charge in [-0.15, -0.1) is 0 Å². The summed E-state index contributed by atoms with van der Waals surface area (Å²) < 4.78 is 7.57. The van der Waals surface area contributed by atoms with E-state index in [0.717, 1.165) is 11.1 Å². The van der Waals surface area contributed by atoms with Crippen molar-refractivity contribution >= 4 is 17.5 Å². The molecule has 2 aromatic carbocycles. The zero-order valence-electron chi connectivity index (χ0n) is 15.7. The number of amides is 1. The number of aromatic nitrogens is 2. The topological polar surface area (TPSA) is 47.4 Å². The van der Waals surface area contributed by atoms with Crippen molar-refractivity contribution in [3.8, 4) is 0 Å². The molecular weight excluding hydrogens is 374 g/mol. The van der Waals surface area contributed by atoms with Crippen molar-refractivity contribution in [2.75, 3.05) is 19.7 Å². The number of halogens is 1. The first-order valence-corrected chi connectivity index (χ1v) is 9.74. The quantitative estimate of drug-likeness (QED) is 0.668. The molecule has 1 unspecified atom stereocenters. The molecule has 5 nitrogen and oxygen atoms in total. The van der Waals surface area contributed by atoms with Crippen LogP contribution in [-0.4, -0.2) is 40.3 Å². The van der Waals surface area contributed by atoms with Crippen molar-refractivity contribution in [3.63, 3.8) is 0 Å². The fourth-order valence-corrected chi connectivity index (χ4v) is 3.83. The SMILES string of the molecule is Cc1nn(Cc2ccccc2)c(Cl)c1C(=O)N1CCOC(c2ccccc2)C1. The summed E-state index contributed by atoms with van der Waals surface area (Å²) in [6.07, 6.45) is -0.127. The number of carbonyl (C=O) groups excluding carboxylic acids is 1. The van der Waals surface area contributed by atoms with Crippen molar-refractivity contribution in [3.05, 3.63) is 88.2 Å². The van der Waals surface area contributed by atoms with Crippen molar-refractivity contribution < 1.29 is 9.53 Å². The first-order valence-electron chi connectivity index (χ1n) is 9.36. The van der Waals surface area contributed by atoms with Gasteiger partial charge in [0.25, 0.3) is 5.91 Å². The molecule has 0 bridgehead atoms. The fraction of sp³-hybridized carbons (Fsp3) is 0.273. The van der Waals surface area contributed by atoms with Gasteiger partial charge in [0.05, 0.1) is 31.0 Å². The predicted octanol–water partition coefficient (Wildman–Crippen LogP) is 4.11. The lowest BCUT2D eigenvalue weighted by molar-refractivity contribution is -0.0228. The van der Waals surface area contributed by atoms with Crippen LogP contribution >= 0.6 is 11.6 Å². The molecule has 0 saturated carbocycles. The highest BCUT2D eigenvalue weighted by Gasteiger charge is 2.30. The van der Waals surface area contributed by atoms with Crippen LogP contribution in [0.2, 0.25) is 5.15 Å². The summed E-state index contributed by atoms with van der Waals surface area (Å²) in [6.45, 7) is 3.91. The molecule has 28 heavy (non-hydrogen) atoms. The molecule has 6 heteroatoms. The summed E-state index contributed by atoms with van der Waals surface area (Å²) in [5.74, 6) is -0.0916. The van der Waals surface area contributed by atoms with Gasteiger partial charge in [-0.3, -0.25) is 4.79 Å². The third-order valence-electron chi connectivity index (χ3n) is 4.98. The van der Waals surface area contributed by atoms with Gasteiger partial charge in [-0.05, 0) is 18.1 Å². The van der Waals surface area contributed by atoms with E-state index in [1.807, 2.05) is 72.5 Å². The van der Waals surface area contributed by atoms with Crippen LogP contribution in [0.1, 0.15) is 33.3 Å². The Labute approximate surface area is 169 Å². The molecule has 4 rings (SSSR count). The van der Waals surface area contributed by atoms with Crippen LogP contribution < -0.4 is 0 Å². The number of ether oxygens (including phenoxy) is 1. The van der Waals surface area contributed by atoms with Crippen LogP contribution in [0.15, 0.2) is 60.7 Å². The van der Waals surface area contributed by atoms with Gasteiger partial charge in [0.2, 0.25) is 0 Å². The maximum absolute atomic E-state index is 13.2. The van der Waals surface area contributed by atoms with E-state index in [1.54, 1.807) is 4.68 Å². The van der Waals surface area contributed by atoms with E-state index >= 15 is 0 Å². The first-order chi connectivity index (χ1) is 13.6. The standard InChI is InChI=1S/C22H22ClN3O2/c1-16-20(21(23)26(24-16)14-17-8-4-2-5-9-17)22(27)25-12-13-28-19(15-25)18-10-6-3-7-11-18/h2-11,19H,12-15H2,1H3. The minimum absolute atomic E-state index is 0.0916. The van der Waals surface area contributed by atoms with Gasteiger partial charge in [-0.1, -0.05) is 72.3 Å². The number of carbonyl (C=O) groups is 1. The molecule has 1 atom stereocenters. The monoisotopic (exact) mass is 395 g/mol. The zero-order valence-corrected chi connectivity index (χ0v) is 16.5. The highest BCUT2D eigenvalue weighted by Crippen LogP contribution is 2.27. The first kappa shape index (κ1) is 18.7. The second kappa shape index (κ2) is 8.17. The van der Waals surface area contributed by atoms with Gasteiger partial charge in [0.1, 0.15) is 11.3 Å².